The van der Waals surface area contributed by atoms with Crippen molar-refractivity contribution in [1.82, 2.24) is 4.98 Å². The van der Waals surface area contributed by atoms with Crippen molar-refractivity contribution >= 4 is 10.9 Å². The smallest absolute Gasteiger partial charge is 0.0703 e. The number of rotatable bonds is 3. The number of nitrogens with one attached hydrogen (secondary N) is 1. The molecule has 0 saturated carbocycles. The number of aliphatic hydroxyl groups excluding tert-OH is 1. The van der Waals surface area contributed by atoms with E-state index in [1.807, 2.05) is 30.5 Å². The molecule has 1 aromatic carbocycles. The number of aliphatic hydroxyl groups is 1. The Morgan fingerprint density at radius 1 is 1.36 bits per heavy atom. The van der Waals surface area contributed by atoms with Crippen molar-refractivity contribution in [1.29, 1.82) is 0 Å². The van der Waals surface area contributed by atoms with E-state index in [0.29, 0.717) is 13.0 Å². The summed E-state index contributed by atoms with van der Waals surface area (Å²) >= 11 is 0. The van der Waals surface area contributed by atoms with E-state index in [1.165, 1.54) is 5.39 Å². The van der Waals surface area contributed by atoms with Crippen LogP contribution in [0.25, 0.3) is 10.9 Å². The summed E-state index contributed by atoms with van der Waals surface area (Å²) in [6, 6.07) is 8.05. The first-order valence-electron chi connectivity index (χ1n) is 4.74. The molecule has 1 aromatic heterocycles. The van der Waals surface area contributed by atoms with Crippen LogP contribution in [0.4, 0.5) is 0 Å². The average Bonchev–Trinajstić information content (AvgIpc) is 2.62. The molecule has 1 atom stereocenters. The molecule has 0 fully saturated rings. The number of fused-ring (bicyclic) bond motifs is 1. The lowest BCUT2D eigenvalue weighted by Crippen LogP contribution is -2.21. The first-order chi connectivity index (χ1) is 6.81. The molecule has 0 aliphatic heterocycles. The maximum absolute atomic E-state index is 9.45. The molecule has 3 heteroatoms. The van der Waals surface area contributed by atoms with Gasteiger partial charge in [0, 0.05) is 30.1 Å². The van der Waals surface area contributed by atoms with Crippen LogP contribution in [0.1, 0.15) is 5.56 Å². The van der Waals surface area contributed by atoms with E-state index < -0.39 is 6.10 Å². The highest BCUT2D eigenvalue weighted by molar-refractivity contribution is 5.83. The van der Waals surface area contributed by atoms with Gasteiger partial charge < -0.3 is 15.8 Å². The molecule has 0 saturated heterocycles. The summed E-state index contributed by atoms with van der Waals surface area (Å²) in [5.74, 6) is 0. The van der Waals surface area contributed by atoms with Gasteiger partial charge >= 0.3 is 0 Å². The normalized spacial score (nSPS) is 13.3. The van der Waals surface area contributed by atoms with Crippen molar-refractivity contribution in [2.24, 2.45) is 5.73 Å². The van der Waals surface area contributed by atoms with Crippen molar-refractivity contribution in [2.45, 2.75) is 12.5 Å². The van der Waals surface area contributed by atoms with Gasteiger partial charge in [0.2, 0.25) is 0 Å². The zero-order valence-electron chi connectivity index (χ0n) is 7.90. The fraction of sp³-hybridized carbons (Fsp3) is 0.273. The molecule has 14 heavy (non-hydrogen) atoms. The number of H-pyrrole nitrogens is 1. The molecule has 0 aliphatic rings. The number of benzene rings is 1. The fourth-order valence-electron chi connectivity index (χ4n) is 1.64. The second kappa shape index (κ2) is 3.82. The SMILES string of the molecule is NC[C@H](O)Cc1c[nH]c2ccccc12. The van der Waals surface area contributed by atoms with Crippen LogP contribution in [-0.4, -0.2) is 22.7 Å². The van der Waals surface area contributed by atoms with E-state index in [9.17, 15) is 5.11 Å². The second-order valence-corrected chi connectivity index (χ2v) is 3.45. The molecule has 0 unspecified atom stereocenters. The molecule has 0 spiro atoms. The van der Waals surface area contributed by atoms with Crippen molar-refractivity contribution < 1.29 is 5.11 Å². The van der Waals surface area contributed by atoms with Crippen LogP contribution < -0.4 is 5.73 Å². The van der Waals surface area contributed by atoms with Gasteiger partial charge in [-0.15, -0.1) is 0 Å². The van der Waals surface area contributed by atoms with Gasteiger partial charge in [0.1, 0.15) is 0 Å². The highest BCUT2D eigenvalue weighted by Gasteiger charge is 2.07. The summed E-state index contributed by atoms with van der Waals surface area (Å²) in [5, 5.41) is 10.6. The maximum atomic E-state index is 9.45. The van der Waals surface area contributed by atoms with Crippen LogP contribution in [0, 0.1) is 0 Å². The topological polar surface area (TPSA) is 62.0 Å². The number of nitrogens with two attached hydrogens (primary N) is 1. The van der Waals surface area contributed by atoms with E-state index in [0.717, 1.165) is 11.1 Å². The Bertz CT molecular complexity index is 422. The molecule has 0 amide bonds. The molecule has 2 aromatic rings. The largest absolute Gasteiger partial charge is 0.391 e. The summed E-state index contributed by atoms with van der Waals surface area (Å²) in [4.78, 5) is 3.17. The second-order valence-electron chi connectivity index (χ2n) is 3.45. The van der Waals surface area contributed by atoms with Crippen LogP contribution in [0.3, 0.4) is 0 Å². The van der Waals surface area contributed by atoms with E-state index in [4.69, 9.17) is 5.73 Å². The minimum absolute atomic E-state index is 0.305. The summed E-state index contributed by atoms with van der Waals surface area (Å²) in [6.07, 6.45) is 2.10. The minimum Gasteiger partial charge on any atom is -0.391 e. The van der Waals surface area contributed by atoms with Crippen molar-refractivity contribution in [3.05, 3.63) is 36.0 Å². The molecular weight excluding hydrogens is 176 g/mol. The van der Waals surface area contributed by atoms with Gasteiger partial charge in [0.15, 0.2) is 0 Å². The predicted molar refractivity (Wildman–Crippen MR) is 57.1 cm³/mol. The molecule has 4 N–H and O–H groups in total. The lowest BCUT2D eigenvalue weighted by molar-refractivity contribution is 0.184. The van der Waals surface area contributed by atoms with Gasteiger partial charge in [0.25, 0.3) is 0 Å². The Labute approximate surface area is 82.6 Å². The summed E-state index contributed by atoms with van der Waals surface area (Å²) in [7, 11) is 0. The zero-order valence-corrected chi connectivity index (χ0v) is 7.90. The van der Waals surface area contributed by atoms with Crippen molar-refractivity contribution in [3.8, 4) is 0 Å². The van der Waals surface area contributed by atoms with E-state index in [2.05, 4.69) is 4.98 Å². The van der Waals surface area contributed by atoms with Crippen LogP contribution in [0.2, 0.25) is 0 Å². The van der Waals surface area contributed by atoms with Crippen molar-refractivity contribution in [3.63, 3.8) is 0 Å². The van der Waals surface area contributed by atoms with Gasteiger partial charge in [-0.2, -0.15) is 0 Å². The Morgan fingerprint density at radius 2 is 2.14 bits per heavy atom. The number of hydrogen-bond donors (Lipinski definition) is 3. The van der Waals surface area contributed by atoms with E-state index in [-0.39, 0.29) is 0 Å². The molecule has 0 aliphatic carbocycles. The average molecular weight is 190 g/mol. The highest BCUT2D eigenvalue weighted by Crippen LogP contribution is 2.18. The Morgan fingerprint density at radius 3 is 2.93 bits per heavy atom. The zero-order chi connectivity index (χ0) is 9.97. The predicted octanol–water partition coefficient (Wildman–Crippen LogP) is 1.03. The molecule has 74 valence electrons. The number of para-hydroxylation sites is 1. The lowest BCUT2D eigenvalue weighted by Gasteiger charge is -2.05. The van der Waals surface area contributed by atoms with Gasteiger partial charge in [-0.25, -0.2) is 0 Å². The third kappa shape index (κ3) is 1.64. The van der Waals surface area contributed by atoms with E-state index >= 15 is 0 Å². The van der Waals surface area contributed by atoms with Gasteiger partial charge in [-0.3, -0.25) is 0 Å². The fourth-order valence-corrected chi connectivity index (χ4v) is 1.64. The highest BCUT2D eigenvalue weighted by atomic mass is 16.3. The van der Waals surface area contributed by atoms with Gasteiger partial charge in [-0.1, -0.05) is 18.2 Å². The minimum atomic E-state index is -0.450. The van der Waals surface area contributed by atoms with Crippen LogP contribution in [0.5, 0.6) is 0 Å². The van der Waals surface area contributed by atoms with Crippen LogP contribution in [-0.2, 0) is 6.42 Å². The summed E-state index contributed by atoms with van der Waals surface area (Å²) < 4.78 is 0. The molecule has 0 bridgehead atoms. The molecule has 2 rings (SSSR count). The van der Waals surface area contributed by atoms with Gasteiger partial charge in [-0.05, 0) is 11.6 Å². The van der Waals surface area contributed by atoms with Crippen LogP contribution >= 0.6 is 0 Å². The first kappa shape index (κ1) is 9.24. The summed E-state index contributed by atoms with van der Waals surface area (Å²) in [6.45, 7) is 0.305. The quantitative estimate of drug-likeness (QED) is 0.677. The molecular formula is C11H14N2O. The Kier molecular flexibility index (Phi) is 2.52. The number of aromatic amines is 1. The first-order valence-corrected chi connectivity index (χ1v) is 4.74. The Balaban J connectivity index is 2.33. The molecule has 1 heterocycles. The standard InChI is InChI=1S/C11H14N2O/c12-6-9(14)5-8-7-13-11-4-2-1-3-10(8)11/h1-4,7,9,13-14H,5-6,12H2/t9-/m1/s1. The van der Waals surface area contributed by atoms with Gasteiger partial charge in [0.05, 0.1) is 6.10 Å². The van der Waals surface area contributed by atoms with Crippen LogP contribution in [0.15, 0.2) is 30.5 Å². The molecule has 3 nitrogen and oxygen atoms in total. The third-order valence-corrected chi connectivity index (χ3v) is 2.40. The number of aromatic nitrogens is 1. The molecule has 0 radical (unpaired) electrons. The van der Waals surface area contributed by atoms with Crippen molar-refractivity contribution in [2.75, 3.05) is 6.54 Å². The summed E-state index contributed by atoms with van der Waals surface area (Å²) in [5.41, 5.74) is 7.60. The number of hydrogen-bond acceptors (Lipinski definition) is 2. The Hall–Kier alpha value is -1.32. The lowest BCUT2D eigenvalue weighted by atomic mass is 10.1. The van der Waals surface area contributed by atoms with E-state index in [1.54, 1.807) is 0 Å². The maximum Gasteiger partial charge on any atom is 0.0703 e. The monoisotopic (exact) mass is 190 g/mol. The third-order valence-electron chi connectivity index (χ3n) is 2.40.